The van der Waals surface area contributed by atoms with Crippen LogP contribution in [0.15, 0.2) is 16.2 Å². The van der Waals surface area contributed by atoms with Crippen molar-refractivity contribution < 1.29 is 9.32 Å². The Kier molecular flexibility index (Phi) is 3.06. The Bertz CT molecular complexity index is 373. The highest BCUT2D eigenvalue weighted by atomic mass is 16.5. The van der Waals surface area contributed by atoms with Gasteiger partial charge in [-0.2, -0.15) is 0 Å². The van der Waals surface area contributed by atoms with Gasteiger partial charge in [0.15, 0.2) is 0 Å². The van der Waals surface area contributed by atoms with Crippen LogP contribution in [-0.4, -0.2) is 11.1 Å². The minimum Gasteiger partial charge on any atom is -0.338 e. The Morgan fingerprint density at radius 2 is 2.07 bits per heavy atom. The van der Waals surface area contributed by atoms with Crippen molar-refractivity contribution in [1.29, 1.82) is 0 Å². The van der Waals surface area contributed by atoms with Crippen molar-refractivity contribution in [2.24, 2.45) is 0 Å². The van der Waals surface area contributed by atoms with E-state index in [0.29, 0.717) is 5.88 Å². The summed E-state index contributed by atoms with van der Waals surface area (Å²) in [5.41, 5.74) is 2.59. The average molecular weight is 194 g/mol. The van der Waals surface area contributed by atoms with E-state index in [0.717, 1.165) is 16.8 Å². The van der Waals surface area contributed by atoms with Crippen LogP contribution >= 0.6 is 0 Å². The molecule has 0 aliphatic heterocycles. The average Bonchev–Trinajstić information content (AvgIpc) is 2.34. The predicted molar refractivity (Wildman–Crippen MR) is 54.0 cm³/mol. The summed E-state index contributed by atoms with van der Waals surface area (Å²) in [7, 11) is 0. The standard InChI is InChI=1S/C10H14N2O2/c1-6(2)5-9(13)11-10-7(3)8(4)12-14-10/h5H,1-4H3,(H,11,13). The molecule has 1 rings (SSSR count). The van der Waals surface area contributed by atoms with Gasteiger partial charge in [-0.1, -0.05) is 10.7 Å². The van der Waals surface area contributed by atoms with Gasteiger partial charge in [-0.3, -0.25) is 10.1 Å². The summed E-state index contributed by atoms with van der Waals surface area (Å²) in [6.45, 7) is 7.40. The van der Waals surface area contributed by atoms with Crippen molar-refractivity contribution in [3.63, 3.8) is 0 Å². The first-order valence-electron chi connectivity index (χ1n) is 4.39. The van der Waals surface area contributed by atoms with E-state index in [1.807, 2.05) is 27.7 Å². The molecule has 0 spiro atoms. The summed E-state index contributed by atoms with van der Waals surface area (Å²) >= 11 is 0. The zero-order chi connectivity index (χ0) is 10.7. The van der Waals surface area contributed by atoms with Crippen LogP contribution < -0.4 is 5.32 Å². The van der Waals surface area contributed by atoms with Crippen LogP contribution in [0.4, 0.5) is 5.88 Å². The molecule has 0 fully saturated rings. The van der Waals surface area contributed by atoms with Crippen LogP contribution in [0.1, 0.15) is 25.1 Å². The Hall–Kier alpha value is -1.58. The number of hydrogen-bond donors (Lipinski definition) is 1. The number of aromatic nitrogens is 1. The smallest absolute Gasteiger partial charge is 0.250 e. The lowest BCUT2D eigenvalue weighted by Gasteiger charge is -1.97. The van der Waals surface area contributed by atoms with E-state index in [1.54, 1.807) is 0 Å². The molecule has 0 bridgehead atoms. The third-order valence-electron chi connectivity index (χ3n) is 1.81. The number of carbonyl (C=O) groups is 1. The Labute approximate surface area is 83.0 Å². The van der Waals surface area contributed by atoms with Gasteiger partial charge in [0, 0.05) is 11.6 Å². The summed E-state index contributed by atoms with van der Waals surface area (Å²) in [5, 5.41) is 6.36. The molecule has 1 heterocycles. The van der Waals surface area contributed by atoms with Crippen LogP contribution in [0.2, 0.25) is 0 Å². The third-order valence-corrected chi connectivity index (χ3v) is 1.81. The van der Waals surface area contributed by atoms with Crippen molar-refractivity contribution in [3.8, 4) is 0 Å². The van der Waals surface area contributed by atoms with E-state index in [9.17, 15) is 4.79 Å². The van der Waals surface area contributed by atoms with E-state index in [1.165, 1.54) is 6.08 Å². The predicted octanol–water partition coefficient (Wildman–Crippen LogP) is 2.20. The second kappa shape index (κ2) is 4.09. The first-order chi connectivity index (χ1) is 6.50. The number of carbonyl (C=O) groups excluding carboxylic acids is 1. The maximum absolute atomic E-state index is 11.3. The molecule has 1 N–H and O–H groups in total. The summed E-state index contributed by atoms with van der Waals surface area (Å²) in [6, 6.07) is 0. The summed E-state index contributed by atoms with van der Waals surface area (Å²) in [4.78, 5) is 11.3. The molecule has 0 aliphatic carbocycles. The number of aryl methyl sites for hydroxylation is 1. The van der Waals surface area contributed by atoms with Crippen LogP contribution in [0.3, 0.4) is 0 Å². The van der Waals surface area contributed by atoms with Gasteiger partial charge < -0.3 is 4.52 Å². The fourth-order valence-electron chi connectivity index (χ4n) is 0.942. The summed E-state index contributed by atoms with van der Waals surface area (Å²) in [5.74, 6) is 0.231. The highest BCUT2D eigenvalue weighted by Crippen LogP contribution is 2.17. The van der Waals surface area contributed by atoms with Gasteiger partial charge in [0.05, 0.1) is 5.69 Å². The molecule has 0 atom stereocenters. The molecule has 0 saturated heterocycles. The first kappa shape index (κ1) is 10.5. The fourth-order valence-corrected chi connectivity index (χ4v) is 0.942. The summed E-state index contributed by atoms with van der Waals surface area (Å²) in [6.07, 6.45) is 1.51. The van der Waals surface area contributed by atoms with Crippen LogP contribution in [0.25, 0.3) is 0 Å². The molecule has 1 aromatic heterocycles. The Morgan fingerprint density at radius 1 is 1.43 bits per heavy atom. The molecule has 4 heteroatoms. The van der Waals surface area contributed by atoms with Crippen LogP contribution in [0.5, 0.6) is 0 Å². The molecule has 0 aromatic carbocycles. The maximum atomic E-state index is 11.3. The molecule has 76 valence electrons. The lowest BCUT2D eigenvalue weighted by atomic mass is 10.3. The van der Waals surface area contributed by atoms with Gasteiger partial charge in [-0.05, 0) is 27.7 Å². The Balaban J connectivity index is 2.75. The normalized spacial score (nSPS) is 9.71. The molecule has 4 nitrogen and oxygen atoms in total. The third kappa shape index (κ3) is 2.45. The monoisotopic (exact) mass is 194 g/mol. The van der Waals surface area contributed by atoms with Crippen molar-refractivity contribution in [3.05, 3.63) is 22.9 Å². The number of anilines is 1. The number of allylic oxidation sites excluding steroid dienone is 1. The molecule has 0 saturated carbocycles. The zero-order valence-electron chi connectivity index (χ0n) is 8.84. The van der Waals surface area contributed by atoms with E-state index >= 15 is 0 Å². The van der Waals surface area contributed by atoms with Gasteiger partial charge in [0.1, 0.15) is 0 Å². The molecule has 1 aromatic rings. The number of nitrogens with zero attached hydrogens (tertiary/aromatic N) is 1. The number of amides is 1. The van der Waals surface area contributed by atoms with E-state index in [4.69, 9.17) is 4.52 Å². The number of nitrogens with one attached hydrogen (secondary N) is 1. The quantitative estimate of drug-likeness (QED) is 0.734. The fraction of sp³-hybridized carbons (Fsp3) is 0.400. The first-order valence-corrected chi connectivity index (χ1v) is 4.39. The summed E-state index contributed by atoms with van der Waals surface area (Å²) < 4.78 is 4.94. The minimum atomic E-state index is -0.191. The van der Waals surface area contributed by atoms with Gasteiger partial charge in [0.25, 0.3) is 5.91 Å². The van der Waals surface area contributed by atoms with Gasteiger partial charge in [0.2, 0.25) is 5.88 Å². The lowest BCUT2D eigenvalue weighted by Crippen LogP contribution is -2.08. The lowest BCUT2D eigenvalue weighted by molar-refractivity contribution is -0.112. The highest BCUT2D eigenvalue weighted by Gasteiger charge is 2.09. The minimum absolute atomic E-state index is 0.191. The molecule has 1 amide bonds. The second-order valence-electron chi connectivity index (χ2n) is 3.43. The second-order valence-corrected chi connectivity index (χ2v) is 3.43. The molecule has 14 heavy (non-hydrogen) atoms. The number of hydrogen-bond acceptors (Lipinski definition) is 3. The maximum Gasteiger partial charge on any atom is 0.250 e. The van der Waals surface area contributed by atoms with Crippen LogP contribution in [0, 0.1) is 13.8 Å². The molecular formula is C10H14N2O2. The molecule has 0 radical (unpaired) electrons. The van der Waals surface area contributed by atoms with E-state index in [2.05, 4.69) is 10.5 Å². The highest BCUT2D eigenvalue weighted by molar-refractivity contribution is 5.99. The topological polar surface area (TPSA) is 55.1 Å². The Morgan fingerprint density at radius 3 is 2.50 bits per heavy atom. The van der Waals surface area contributed by atoms with E-state index in [-0.39, 0.29) is 5.91 Å². The molecule has 0 unspecified atom stereocenters. The van der Waals surface area contributed by atoms with Crippen LogP contribution in [-0.2, 0) is 4.79 Å². The molecular weight excluding hydrogens is 180 g/mol. The van der Waals surface area contributed by atoms with Crippen molar-refractivity contribution in [2.45, 2.75) is 27.7 Å². The van der Waals surface area contributed by atoms with Crippen molar-refractivity contribution in [1.82, 2.24) is 5.16 Å². The SMILES string of the molecule is CC(C)=CC(=O)Nc1onc(C)c1C. The largest absolute Gasteiger partial charge is 0.338 e. The van der Waals surface area contributed by atoms with Gasteiger partial charge >= 0.3 is 0 Å². The van der Waals surface area contributed by atoms with Gasteiger partial charge in [-0.15, -0.1) is 0 Å². The van der Waals surface area contributed by atoms with Crippen molar-refractivity contribution >= 4 is 11.8 Å². The number of rotatable bonds is 2. The zero-order valence-corrected chi connectivity index (χ0v) is 8.84. The molecule has 0 aliphatic rings. The van der Waals surface area contributed by atoms with E-state index < -0.39 is 0 Å². The van der Waals surface area contributed by atoms with Gasteiger partial charge in [-0.25, -0.2) is 0 Å². The van der Waals surface area contributed by atoms with Crippen molar-refractivity contribution in [2.75, 3.05) is 5.32 Å².